The van der Waals surface area contributed by atoms with Crippen molar-refractivity contribution in [2.75, 3.05) is 5.75 Å². The highest BCUT2D eigenvalue weighted by Gasteiger charge is 1.99. The lowest BCUT2D eigenvalue weighted by molar-refractivity contribution is 0.612. The van der Waals surface area contributed by atoms with Crippen molar-refractivity contribution in [2.45, 2.75) is 6.92 Å². The van der Waals surface area contributed by atoms with Crippen molar-refractivity contribution < 1.29 is 8.42 Å². The van der Waals surface area contributed by atoms with Crippen LogP contribution in [-0.4, -0.2) is 14.2 Å². The summed E-state index contributed by atoms with van der Waals surface area (Å²) in [6, 6.07) is 0. The van der Waals surface area contributed by atoms with E-state index in [1.807, 2.05) is 0 Å². The fourth-order valence-corrected chi connectivity index (χ4v) is 1.02. The van der Waals surface area contributed by atoms with Crippen LogP contribution in [0.3, 0.4) is 0 Å². The Labute approximate surface area is 63.9 Å². The minimum Gasteiger partial charge on any atom is -0.212 e. The van der Waals surface area contributed by atoms with Crippen LogP contribution in [0.15, 0.2) is 11.1 Å². The Morgan fingerprint density at radius 1 is 1.67 bits per heavy atom. The summed E-state index contributed by atoms with van der Waals surface area (Å²) in [5, 5.41) is 0.430. The predicted molar refractivity (Wildman–Crippen MR) is 39.2 cm³/mol. The molecule has 0 aromatic carbocycles. The van der Waals surface area contributed by atoms with Gasteiger partial charge in [0.2, 0.25) is 9.05 Å². The summed E-state index contributed by atoms with van der Waals surface area (Å²) >= 11 is 5.32. The van der Waals surface area contributed by atoms with E-state index in [9.17, 15) is 8.42 Å². The molecule has 0 saturated carbocycles. The number of hydrogen-bond acceptors (Lipinski definition) is 2. The van der Waals surface area contributed by atoms with Gasteiger partial charge in [-0.25, -0.2) is 8.42 Å². The van der Waals surface area contributed by atoms with Crippen molar-refractivity contribution in [1.29, 1.82) is 0 Å². The molecule has 0 unspecified atom stereocenters. The van der Waals surface area contributed by atoms with E-state index in [0.717, 1.165) is 0 Å². The molecule has 0 rings (SSSR count). The summed E-state index contributed by atoms with van der Waals surface area (Å²) in [5.41, 5.74) is 0. The van der Waals surface area contributed by atoms with Gasteiger partial charge in [-0.1, -0.05) is 17.7 Å². The van der Waals surface area contributed by atoms with Crippen LogP contribution < -0.4 is 0 Å². The lowest BCUT2D eigenvalue weighted by Gasteiger charge is -1.85. The summed E-state index contributed by atoms with van der Waals surface area (Å²) in [6.07, 6.45) is 1.34. The van der Waals surface area contributed by atoms with Gasteiger partial charge >= 0.3 is 0 Å². The molecule has 5 heteroatoms. The van der Waals surface area contributed by atoms with Gasteiger partial charge in [-0.05, 0) is 6.92 Å². The van der Waals surface area contributed by atoms with Crippen LogP contribution in [0.25, 0.3) is 0 Å². The second kappa shape index (κ2) is 3.44. The van der Waals surface area contributed by atoms with Crippen LogP contribution in [0.5, 0.6) is 0 Å². The summed E-state index contributed by atoms with van der Waals surface area (Å²) in [5.74, 6) is -0.204. The Morgan fingerprint density at radius 2 is 2.11 bits per heavy atom. The second-order valence-electron chi connectivity index (χ2n) is 1.50. The molecule has 0 spiro atoms. The Bertz CT molecular complexity index is 201. The van der Waals surface area contributed by atoms with Gasteiger partial charge in [0, 0.05) is 15.7 Å². The fourth-order valence-electron chi connectivity index (χ4n) is 0.214. The quantitative estimate of drug-likeness (QED) is 0.619. The minimum absolute atomic E-state index is 0.204. The van der Waals surface area contributed by atoms with Crippen LogP contribution in [0.2, 0.25) is 0 Å². The molecule has 0 heterocycles. The van der Waals surface area contributed by atoms with Crippen molar-refractivity contribution in [3.8, 4) is 0 Å². The highest BCUT2D eigenvalue weighted by molar-refractivity contribution is 8.13. The SMILES string of the molecule is C/C(Cl)=C/CS(=O)(=O)Cl. The monoisotopic (exact) mass is 188 g/mol. The van der Waals surface area contributed by atoms with Gasteiger partial charge in [0.25, 0.3) is 0 Å². The first-order chi connectivity index (χ1) is 3.92. The van der Waals surface area contributed by atoms with E-state index in [1.165, 1.54) is 6.08 Å². The maximum absolute atomic E-state index is 10.2. The predicted octanol–water partition coefficient (Wildman–Crippen LogP) is 1.70. The standard InChI is InChI=1S/C4H6Cl2O2S/c1-4(5)2-3-9(6,7)8/h2H,3H2,1H3/b4-2-. The zero-order chi connectivity index (χ0) is 7.49. The Hall–Kier alpha value is 0.270. The molecular formula is C4H6Cl2O2S. The largest absolute Gasteiger partial charge is 0.236 e. The first-order valence-electron chi connectivity index (χ1n) is 2.16. The summed E-state index contributed by atoms with van der Waals surface area (Å²) in [6.45, 7) is 1.59. The van der Waals surface area contributed by atoms with E-state index in [4.69, 9.17) is 22.3 Å². The molecule has 0 saturated heterocycles. The van der Waals surface area contributed by atoms with Gasteiger partial charge in [0.1, 0.15) is 0 Å². The number of halogens is 2. The zero-order valence-electron chi connectivity index (χ0n) is 4.77. The minimum atomic E-state index is -3.41. The van der Waals surface area contributed by atoms with E-state index in [-0.39, 0.29) is 5.75 Å². The summed E-state index contributed by atoms with van der Waals surface area (Å²) in [7, 11) is 1.44. The Kier molecular flexibility index (Phi) is 3.54. The first-order valence-corrected chi connectivity index (χ1v) is 5.02. The average Bonchev–Trinajstić information content (AvgIpc) is 1.59. The Balaban J connectivity index is 3.95. The number of rotatable bonds is 2. The lowest BCUT2D eigenvalue weighted by Crippen LogP contribution is -1.92. The lowest BCUT2D eigenvalue weighted by atomic mass is 10.6. The molecule has 0 aliphatic rings. The third-order valence-electron chi connectivity index (χ3n) is 0.564. The maximum Gasteiger partial charge on any atom is 0.236 e. The molecule has 0 aromatic rings. The molecule has 0 amide bonds. The molecule has 54 valence electrons. The van der Waals surface area contributed by atoms with Gasteiger partial charge in [-0.2, -0.15) is 0 Å². The van der Waals surface area contributed by atoms with Crippen molar-refractivity contribution in [2.24, 2.45) is 0 Å². The molecule has 2 nitrogen and oxygen atoms in total. The summed E-state index contributed by atoms with van der Waals surface area (Å²) in [4.78, 5) is 0. The molecule has 0 atom stereocenters. The van der Waals surface area contributed by atoms with Crippen LogP contribution in [0.1, 0.15) is 6.92 Å². The van der Waals surface area contributed by atoms with Crippen molar-refractivity contribution in [3.63, 3.8) is 0 Å². The van der Waals surface area contributed by atoms with Gasteiger partial charge in [0.05, 0.1) is 5.75 Å². The summed E-state index contributed by atoms with van der Waals surface area (Å²) < 4.78 is 20.4. The molecule has 9 heavy (non-hydrogen) atoms. The van der Waals surface area contributed by atoms with Gasteiger partial charge < -0.3 is 0 Å². The molecular weight excluding hydrogens is 183 g/mol. The van der Waals surface area contributed by atoms with Crippen molar-refractivity contribution >= 4 is 31.3 Å². The Morgan fingerprint density at radius 3 is 2.22 bits per heavy atom. The zero-order valence-corrected chi connectivity index (χ0v) is 7.09. The van der Waals surface area contributed by atoms with Crippen LogP contribution >= 0.6 is 22.3 Å². The molecule has 0 fully saturated rings. The molecule has 0 radical (unpaired) electrons. The van der Waals surface area contributed by atoms with Crippen molar-refractivity contribution in [3.05, 3.63) is 11.1 Å². The van der Waals surface area contributed by atoms with Gasteiger partial charge in [0.15, 0.2) is 0 Å². The molecule has 0 aliphatic carbocycles. The van der Waals surface area contributed by atoms with Crippen LogP contribution in [0.4, 0.5) is 0 Å². The third kappa shape index (κ3) is 8.27. The average molecular weight is 189 g/mol. The van der Waals surface area contributed by atoms with Crippen molar-refractivity contribution in [1.82, 2.24) is 0 Å². The van der Waals surface area contributed by atoms with E-state index < -0.39 is 9.05 Å². The molecule has 0 bridgehead atoms. The molecule has 0 aliphatic heterocycles. The highest BCUT2D eigenvalue weighted by Crippen LogP contribution is 2.02. The van der Waals surface area contributed by atoms with E-state index in [1.54, 1.807) is 6.92 Å². The van der Waals surface area contributed by atoms with Gasteiger partial charge in [-0.3, -0.25) is 0 Å². The van der Waals surface area contributed by atoms with Gasteiger partial charge in [-0.15, -0.1) is 0 Å². The fraction of sp³-hybridized carbons (Fsp3) is 0.500. The molecule has 0 aromatic heterocycles. The van der Waals surface area contributed by atoms with E-state index >= 15 is 0 Å². The normalized spacial score (nSPS) is 13.9. The molecule has 0 N–H and O–H groups in total. The number of allylic oxidation sites excluding steroid dienone is 1. The van der Waals surface area contributed by atoms with E-state index in [2.05, 4.69) is 0 Å². The number of hydrogen-bond donors (Lipinski definition) is 0. The van der Waals surface area contributed by atoms with Crippen LogP contribution in [0, 0.1) is 0 Å². The highest BCUT2D eigenvalue weighted by atomic mass is 35.7. The second-order valence-corrected chi connectivity index (χ2v) is 4.91. The van der Waals surface area contributed by atoms with E-state index in [0.29, 0.717) is 5.03 Å². The smallest absolute Gasteiger partial charge is 0.212 e. The third-order valence-corrected chi connectivity index (χ3v) is 1.66. The van der Waals surface area contributed by atoms with Crippen LogP contribution in [-0.2, 0) is 9.05 Å². The topological polar surface area (TPSA) is 34.1 Å². The first kappa shape index (κ1) is 9.27. The maximum atomic E-state index is 10.2.